The van der Waals surface area contributed by atoms with E-state index in [1.807, 2.05) is 60.7 Å². The Bertz CT molecular complexity index is 955. The predicted octanol–water partition coefficient (Wildman–Crippen LogP) is 4.51. The molecule has 3 aromatic carbocycles. The maximum Gasteiger partial charge on any atom is 0.251 e. The Hall–Kier alpha value is -3.18. The molecule has 1 amide bonds. The molecule has 0 aliphatic carbocycles. The molecule has 0 radical (unpaired) electrons. The van der Waals surface area contributed by atoms with Gasteiger partial charge in [-0.05, 0) is 48.4 Å². The normalized spacial score (nSPS) is 15.5. The van der Waals surface area contributed by atoms with Gasteiger partial charge in [0.25, 0.3) is 5.91 Å². The Kier molecular flexibility index (Phi) is 6.95. The Morgan fingerprint density at radius 2 is 1.45 bits per heavy atom. The van der Waals surface area contributed by atoms with Gasteiger partial charge in [0, 0.05) is 44.0 Å². The second-order valence-corrected chi connectivity index (χ2v) is 7.90. The number of hydrogen-bond donors (Lipinski definition) is 1. The molecule has 1 saturated heterocycles. The molecule has 160 valence electrons. The highest BCUT2D eigenvalue weighted by molar-refractivity contribution is 5.94. The number of rotatable bonds is 7. The number of hydrogen-bond acceptors (Lipinski definition) is 3. The predicted molar refractivity (Wildman–Crippen MR) is 123 cm³/mol. The topological polar surface area (TPSA) is 35.6 Å². The average Bonchev–Trinajstić information content (AvgIpc) is 2.83. The van der Waals surface area contributed by atoms with Gasteiger partial charge in [-0.15, -0.1) is 0 Å². The highest BCUT2D eigenvalue weighted by atomic mass is 19.1. The smallest absolute Gasteiger partial charge is 0.251 e. The summed E-state index contributed by atoms with van der Waals surface area (Å²) in [5.74, 6) is -0.248. The molecular weight excluding hydrogens is 389 g/mol. The van der Waals surface area contributed by atoms with E-state index in [9.17, 15) is 9.18 Å². The number of nitrogens with one attached hydrogen (secondary N) is 1. The highest BCUT2D eigenvalue weighted by Gasteiger charge is 2.20. The van der Waals surface area contributed by atoms with Gasteiger partial charge in [0.1, 0.15) is 5.82 Å². The van der Waals surface area contributed by atoms with E-state index in [0.29, 0.717) is 5.56 Å². The van der Waals surface area contributed by atoms with Crippen LogP contribution in [0.5, 0.6) is 0 Å². The third-order valence-corrected chi connectivity index (χ3v) is 5.84. The molecule has 0 aromatic heterocycles. The van der Waals surface area contributed by atoms with E-state index in [4.69, 9.17) is 0 Å². The minimum atomic E-state index is -0.202. The maximum atomic E-state index is 13.2. The van der Waals surface area contributed by atoms with Crippen LogP contribution in [0.2, 0.25) is 0 Å². The second kappa shape index (κ2) is 10.2. The van der Waals surface area contributed by atoms with E-state index < -0.39 is 0 Å². The molecule has 0 bridgehead atoms. The quantitative estimate of drug-likeness (QED) is 0.614. The lowest BCUT2D eigenvalue weighted by atomic mass is 10.0. The molecule has 4 rings (SSSR count). The van der Waals surface area contributed by atoms with E-state index in [2.05, 4.69) is 27.2 Å². The molecule has 5 heteroatoms. The van der Waals surface area contributed by atoms with Crippen LogP contribution < -0.4 is 10.2 Å². The zero-order chi connectivity index (χ0) is 21.5. The molecule has 0 spiro atoms. The van der Waals surface area contributed by atoms with Crippen LogP contribution in [-0.4, -0.2) is 43.5 Å². The molecule has 1 fully saturated rings. The Balaban J connectivity index is 1.34. The van der Waals surface area contributed by atoms with E-state index >= 15 is 0 Å². The number of nitrogens with zero attached hydrogens (tertiary/aromatic N) is 2. The third kappa shape index (κ3) is 5.70. The molecule has 3 aromatic rings. The summed E-state index contributed by atoms with van der Waals surface area (Å²) in [6, 6.07) is 26.2. The highest BCUT2D eigenvalue weighted by Crippen LogP contribution is 2.20. The molecule has 1 aliphatic rings. The van der Waals surface area contributed by atoms with Gasteiger partial charge < -0.3 is 10.2 Å². The van der Waals surface area contributed by atoms with Crippen LogP contribution in [-0.2, 0) is 0 Å². The first-order valence-electron chi connectivity index (χ1n) is 10.8. The van der Waals surface area contributed by atoms with Gasteiger partial charge in [-0.3, -0.25) is 9.69 Å². The minimum absolute atomic E-state index is 0.0379. The Morgan fingerprint density at radius 3 is 2.10 bits per heavy atom. The van der Waals surface area contributed by atoms with E-state index in [1.54, 1.807) is 0 Å². The average molecular weight is 418 g/mol. The molecule has 1 N–H and O–H groups in total. The van der Waals surface area contributed by atoms with Crippen LogP contribution in [0, 0.1) is 5.82 Å². The van der Waals surface area contributed by atoms with Crippen molar-refractivity contribution in [3.8, 4) is 0 Å². The Morgan fingerprint density at radius 1 is 0.839 bits per heavy atom. The number of anilines is 1. The standard InChI is InChI=1S/C26H28FN3O/c27-23-11-13-24(14-12-23)30-19-17-29(18-20-30)16-15-25(21-7-3-1-4-8-21)28-26(31)22-9-5-2-6-10-22/h1-14,25H,15-20H2,(H,28,31). The minimum Gasteiger partial charge on any atom is -0.369 e. The van der Waals surface area contributed by atoms with Crippen molar-refractivity contribution in [1.29, 1.82) is 0 Å². The first kappa shape index (κ1) is 21.1. The van der Waals surface area contributed by atoms with Gasteiger partial charge in [-0.25, -0.2) is 4.39 Å². The lowest BCUT2D eigenvalue weighted by molar-refractivity contribution is 0.0931. The van der Waals surface area contributed by atoms with Gasteiger partial charge in [0.2, 0.25) is 0 Å². The molecule has 0 saturated carbocycles. The number of carbonyl (C=O) groups excluding carboxylic acids is 1. The summed E-state index contributed by atoms with van der Waals surface area (Å²) in [7, 11) is 0. The zero-order valence-electron chi connectivity index (χ0n) is 17.6. The molecule has 1 unspecified atom stereocenters. The number of benzene rings is 3. The van der Waals surface area contributed by atoms with Crippen molar-refractivity contribution in [3.05, 3.63) is 102 Å². The van der Waals surface area contributed by atoms with Gasteiger partial charge in [0.15, 0.2) is 0 Å². The van der Waals surface area contributed by atoms with E-state index in [1.165, 1.54) is 12.1 Å². The van der Waals surface area contributed by atoms with E-state index in [0.717, 1.165) is 50.4 Å². The summed E-state index contributed by atoms with van der Waals surface area (Å²) in [4.78, 5) is 17.5. The molecule has 1 aliphatic heterocycles. The summed E-state index contributed by atoms with van der Waals surface area (Å²) in [6.45, 7) is 4.64. The fourth-order valence-corrected chi connectivity index (χ4v) is 4.03. The fraction of sp³-hybridized carbons (Fsp3) is 0.269. The zero-order valence-corrected chi connectivity index (χ0v) is 17.6. The summed E-state index contributed by atoms with van der Waals surface area (Å²) in [6.07, 6.45) is 0.846. The van der Waals surface area contributed by atoms with Crippen molar-refractivity contribution >= 4 is 11.6 Å². The van der Waals surface area contributed by atoms with Crippen LogP contribution in [0.4, 0.5) is 10.1 Å². The second-order valence-electron chi connectivity index (χ2n) is 7.90. The van der Waals surface area contributed by atoms with Crippen molar-refractivity contribution in [2.75, 3.05) is 37.6 Å². The van der Waals surface area contributed by atoms with Crippen molar-refractivity contribution < 1.29 is 9.18 Å². The van der Waals surface area contributed by atoms with Crippen LogP contribution >= 0.6 is 0 Å². The SMILES string of the molecule is O=C(NC(CCN1CCN(c2ccc(F)cc2)CC1)c1ccccc1)c1ccccc1. The van der Waals surface area contributed by atoms with Gasteiger partial charge in [-0.1, -0.05) is 48.5 Å². The van der Waals surface area contributed by atoms with Gasteiger partial charge >= 0.3 is 0 Å². The Labute approximate surface area is 183 Å². The summed E-state index contributed by atoms with van der Waals surface area (Å²) in [5.41, 5.74) is 2.87. The number of piperazine rings is 1. The van der Waals surface area contributed by atoms with Crippen LogP contribution in [0.3, 0.4) is 0 Å². The molecule has 4 nitrogen and oxygen atoms in total. The number of carbonyl (C=O) groups is 1. The lowest BCUT2D eigenvalue weighted by Crippen LogP contribution is -2.47. The summed E-state index contributed by atoms with van der Waals surface area (Å²) >= 11 is 0. The molecule has 1 atom stereocenters. The van der Waals surface area contributed by atoms with Crippen molar-refractivity contribution in [1.82, 2.24) is 10.2 Å². The largest absolute Gasteiger partial charge is 0.369 e. The fourth-order valence-electron chi connectivity index (χ4n) is 4.03. The lowest BCUT2D eigenvalue weighted by Gasteiger charge is -2.36. The first-order valence-corrected chi connectivity index (χ1v) is 10.8. The number of amides is 1. The van der Waals surface area contributed by atoms with Gasteiger partial charge in [-0.2, -0.15) is 0 Å². The van der Waals surface area contributed by atoms with Crippen LogP contribution in [0.25, 0.3) is 0 Å². The molecule has 1 heterocycles. The summed E-state index contributed by atoms with van der Waals surface area (Å²) < 4.78 is 13.2. The van der Waals surface area contributed by atoms with Crippen LogP contribution in [0.1, 0.15) is 28.4 Å². The van der Waals surface area contributed by atoms with Crippen molar-refractivity contribution in [2.24, 2.45) is 0 Å². The first-order chi connectivity index (χ1) is 15.2. The van der Waals surface area contributed by atoms with E-state index in [-0.39, 0.29) is 17.8 Å². The monoisotopic (exact) mass is 417 g/mol. The number of halogens is 1. The molecular formula is C26H28FN3O. The van der Waals surface area contributed by atoms with Crippen molar-refractivity contribution in [2.45, 2.75) is 12.5 Å². The summed E-state index contributed by atoms with van der Waals surface area (Å²) in [5, 5.41) is 3.22. The molecule has 31 heavy (non-hydrogen) atoms. The maximum absolute atomic E-state index is 13.2. The van der Waals surface area contributed by atoms with Crippen LogP contribution in [0.15, 0.2) is 84.9 Å². The third-order valence-electron chi connectivity index (χ3n) is 5.84. The van der Waals surface area contributed by atoms with Gasteiger partial charge in [0.05, 0.1) is 6.04 Å². The van der Waals surface area contributed by atoms with Crippen molar-refractivity contribution in [3.63, 3.8) is 0 Å².